The van der Waals surface area contributed by atoms with Gasteiger partial charge in [0.2, 0.25) is 0 Å². The van der Waals surface area contributed by atoms with Crippen molar-refractivity contribution in [1.29, 1.82) is 0 Å². The van der Waals surface area contributed by atoms with Crippen molar-refractivity contribution in [3.8, 4) is 5.75 Å². The zero-order chi connectivity index (χ0) is 13.2. The Morgan fingerprint density at radius 2 is 2.00 bits per heavy atom. The number of benzene rings is 1. The molecular weight excluding hydrogens is 258 g/mol. The third kappa shape index (κ3) is 2.61. The lowest BCUT2D eigenvalue weighted by Crippen LogP contribution is -2.29. The first-order valence-corrected chi connectivity index (χ1v) is 7.89. The Morgan fingerprint density at radius 3 is 2.79 bits per heavy atom. The van der Waals surface area contributed by atoms with E-state index in [1.54, 1.807) is 0 Å². The maximum absolute atomic E-state index is 10.4. The lowest BCUT2D eigenvalue weighted by Gasteiger charge is -2.27. The second-order valence-electron chi connectivity index (χ2n) is 5.86. The molecule has 0 radical (unpaired) electrons. The van der Waals surface area contributed by atoms with Gasteiger partial charge in [0.05, 0.1) is 5.02 Å². The standard InChI is InChI=1S/C16H22ClNO/c17-14-9-11-5-2-1-3-7-13(11)15(16(14)19)12-6-4-8-18-10-12/h9,12,18-19H,1-8,10H2. The number of aryl methyl sites for hydroxylation is 1. The van der Waals surface area contributed by atoms with Gasteiger partial charge >= 0.3 is 0 Å². The summed E-state index contributed by atoms with van der Waals surface area (Å²) in [5, 5.41) is 14.4. The van der Waals surface area contributed by atoms with Crippen LogP contribution >= 0.6 is 11.6 Å². The summed E-state index contributed by atoms with van der Waals surface area (Å²) in [4.78, 5) is 0. The van der Waals surface area contributed by atoms with Crippen molar-refractivity contribution in [3.05, 3.63) is 27.8 Å². The van der Waals surface area contributed by atoms with E-state index in [9.17, 15) is 5.11 Å². The number of aromatic hydroxyl groups is 1. The van der Waals surface area contributed by atoms with Crippen LogP contribution in [0.25, 0.3) is 0 Å². The second kappa shape index (κ2) is 5.72. The van der Waals surface area contributed by atoms with Gasteiger partial charge in [0, 0.05) is 18.0 Å². The molecule has 0 saturated carbocycles. The van der Waals surface area contributed by atoms with E-state index in [1.807, 2.05) is 6.07 Å². The van der Waals surface area contributed by atoms with Gasteiger partial charge in [-0.25, -0.2) is 0 Å². The number of nitrogens with one attached hydrogen (secondary N) is 1. The first-order chi connectivity index (χ1) is 9.27. The fourth-order valence-electron chi connectivity index (χ4n) is 3.60. The molecule has 19 heavy (non-hydrogen) atoms. The highest BCUT2D eigenvalue weighted by molar-refractivity contribution is 6.32. The maximum atomic E-state index is 10.4. The predicted molar refractivity (Wildman–Crippen MR) is 79.2 cm³/mol. The molecule has 2 nitrogen and oxygen atoms in total. The number of rotatable bonds is 1. The molecule has 1 saturated heterocycles. The van der Waals surface area contributed by atoms with Gasteiger partial charge in [-0.1, -0.05) is 18.0 Å². The number of fused-ring (bicyclic) bond motifs is 1. The molecule has 0 spiro atoms. The first kappa shape index (κ1) is 13.3. The lowest BCUT2D eigenvalue weighted by atomic mass is 9.84. The van der Waals surface area contributed by atoms with Crippen LogP contribution in [0, 0.1) is 0 Å². The molecule has 3 heteroatoms. The molecule has 0 amide bonds. The summed E-state index contributed by atoms with van der Waals surface area (Å²) in [6.07, 6.45) is 8.33. The molecule has 1 aromatic carbocycles. The molecule has 2 aliphatic rings. The van der Waals surface area contributed by atoms with Gasteiger partial charge in [0.25, 0.3) is 0 Å². The molecule has 1 aliphatic carbocycles. The normalized spacial score (nSPS) is 23.7. The molecule has 1 heterocycles. The average Bonchev–Trinajstić information content (AvgIpc) is 2.66. The summed E-state index contributed by atoms with van der Waals surface area (Å²) >= 11 is 6.25. The van der Waals surface area contributed by atoms with Gasteiger partial charge in [-0.15, -0.1) is 0 Å². The Hall–Kier alpha value is -0.730. The largest absolute Gasteiger partial charge is 0.506 e. The number of halogens is 1. The molecule has 1 atom stereocenters. The molecule has 1 unspecified atom stereocenters. The van der Waals surface area contributed by atoms with Crippen molar-refractivity contribution in [2.45, 2.75) is 50.9 Å². The smallest absolute Gasteiger partial charge is 0.137 e. The van der Waals surface area contributed by atoms with Crippen molar-refractivity contribution in [2.24, 2.45) is 0 Å². The van der Waals surface area contributed by atoms with Crippen molar-refractivity contribution in [1.82, 2.24) is 5.32 Å². The number of phenols is 1. The van der Waals surface area contributed by atoms with Gasteiger partial charge < -0.3 is 10.4 Å². The van der Waals surface area contributed by atoms with Gasteiger partial charge in [-0.2, -0.15) is 0 Å². The van der Waals surface area contributed by atoms with E-state index in [0.717, 1.165) is 37.9 Å². The molecule has 1 aromatic rings. The van der Waals surface area contributed by atoms with Crippen LogP contribution in [-0.4, -0.2) is 18.2 Å². The molecule has 0 bridgehead atoms. The predicted octanol–water partition coefficient (Wildman–Crippen LogP) is 3.78. The minimum absolute atomic E-state index is 0.344. The summed E-state index contributed by atoms with van der Waals surface area (Å²) in [5.74, 6) is 0.773. The summed E-state index contributed by atoms with van der Waals surface area (Å²) < 4.78 is 0. The third-order valence-electron chi connectivity index (χ3n) is 4.57. The molecule has 3 rings (SSSR count). The number of piperidine rings is 1. The van der Waals surface area contributed by atoms with Crippen LogP contribution in [0.5, 0.6) is 5.75 Å². The van der Waals surface area contributed by atoms with Crippen LogP contribution in [0.1, 0.15) is 54.7 Å². The summed E-state index contributed by atoms with van der Waals surface area (Å²) in [6, 6.07) is 2.00. The minimum Gasteiger partial charge on any atom is -0.506 e. The van der Waals surface area contributed by atoms with Crippen LogP contribution in [0.4, 0.5) is 0 Å². The van der Waals surface area contributed by atoms with Crippen LogP contribution in [0.3, 0.4) is 0 Å². The summed E-state index contributed by atoms with van der Waals surface area (Å²) in [7, 11) is 0. The van der Waals surface area contributed by atoms with Crippen LogP contribution in [-0.2, 0) is 12.8 Å². The Bertz CT molecular complexity index is 466. The van der Waals surface area contributed by atoms with E-state index in [4.69, 9.17) is 11.6 Å². The van der Waals surface area contributed by atoms with Crippen molar-refractivity contribution in [2.75, 3.05) is 13.1 Å². The molecule has 1 aliphatic heterocycles. The molecule has 2 N–H and O–H groups in total. The topological polar surface area (TPSA) is 32.3 Å². The highest BCUT2D eigenvalue weighted by Gasteiger charge is 2.25. The van der Waals surface area contributed by atoms with Crippen LogP contribution in [0.2, 0.25) is 5.02 Å². The molecule has 0 aromatic heterocycles. The summed E-state index contributed by atoms with van der Waals surface area (Å²) in [5.41, 5.74) is 3.92. The zero-order valence-corrected chi connectivity index (χ0v) is 12.1. The fraction of sp³-hybridized carbons (Fsp3) is 0.625. The first-order valence-electron chi connectivity index (χ1n) is 7.51. The Kier molecular flexibility index (Phi) is 3.99. The summed E-state index contributed by atoms with van der Waals surface area (Å²) in [6.45, 7) is 2.07. The van der Waals surface area contributed by atoms with Crippen molar-refractivity contribution >= 4 is 11.6 Å². The number of phenolic OH excluding ortho intramolecular Hbond substituents is 1. The van der Waals surface area contributed by atoms with Crippen LogP contribution < -0.4 is 5.32 Å². The second-order valence-corrected chi connectivity index (χ2v) is 6.27. The zero-order valence-electron chi connectivity index (χ0n) is 11.3. The van der Waals surface area contributed by atoms with E-state index in [0.29, 0.717) is 16.7 Å². The Balaban J connectivity index is 2.07. The lowest BCUT2D eigenvalue weighted by molar-refractivity contribution is 0.423. The minimum atomic E-state index is 0.344. The van der Waals surface area contributed by atoms with Gasteiger partial charge in [-0.05, 0) is 62.3 Å². The van der Waals surface area contributed by atoms with Crippen LogP contribution in [0.15, 0.2) is 6.07 Å². The number of hydrogen-bond acceptors (Lipinski definition) is 2. The van der Waals surface area contributed by atoms with E-state index in [1.165, 1.54) is 36.8 Å². The highest BCUT2D eigenvalue weighted by atomic mass is 35.5. The SMILES string of the molecule is Oc1c(Cl)cc2c(c1C1CCCNC1)CCCCC2. The Labute approximate surface area is 120 Å². The van der Waals surface area contributed by atoms with E-state index >= 15 is 0 Å². The van der Waals surface area contributed by atoms with Gasteiger partial charge in [0.1, 0.15) is 5.75 Å². The molecule has 104 valence electrons. The Morgan fingerprint density at radius 1 is 1.16 bits per heavy atom. The fourth-order valence-corrected chi connectivity index (χ4v) is 3.84. The van der Waals surface area contributed by atoms with Gasteiger partial charge in [0.15, 0.2) is 0 Å². The van der Waals surface area contributed by atoms with E-state index in [-0.39, 0.29) is 0 Å². The molecular formula is C16H22ClNO. The molecule has 1 fully saturated rings. The highest BCUT2D eigenvalue weighted by Crippen LogP contribution is 2.41. The average molecular weight is 280 g/mol. The maximum Gasteiger partial charge on any atom is 0.137 e. The third-order valence-corrected chi connectivity index (χ3v) is 4.86. The van der Waals surface area contributed by atoms with Crippen molar-refractivity contribution < 1.29 is 5.11 Å². The van der Waals surface area contributed by atoms with E-state index < -0.39 is 0 Å². The van der Waals surface area contributed by atoms with E-state index in [2.05, 4.69) is 5.32 Å². The van der Waals surface area contributed by atoms with Gasteiger partial charge in [-0.3, -0.25) is 0 Å². The van der Waals surface area contributed by atoms with Crippen molar-refractivity contribution in [3.63, 3.8) is 0 Å². The number of hydrogen-bond donors (Lipinski definition) is 2. The monoisotopic (exact) mass is 279 g/mol. The quantitative estimate of drug-likeness (QED) is 0.767.